The molecule has 4 aromatic rings. The minimum absolute atomic E-state index is 0.0203. The normalized spacial score (nSPS) is 11.0. The summed E-state index contributed by atoms with van der Waals surface area (Å²) in [7, 11) is 0. The number of fused-ring (bicyclic) bond motifs is 1. The molecule has 0 spiro atoms. The molecule has 0 aliphatic rings. The minimum Gasteiger partial charge on any atom is -0.323 e. The largest absolute Gasteiger partial charge is 0.323 e. The van der Waals surface area contributed by atoms with Crippen molar-refractivity contribution in [2.24, 2.45) is 0 Å². The topological polar surface area (TPSA) is 59.8 Å². The number of thiazole rings is 1. The van der Waals surface area contributed by atoms with Crippen LogP contribution in [0.15, 0.2) is 54.6 Å². The van der Waals surface area contributed by atoms with Crippen molar-refractivity contribution in [3.8, 4) is 5.69 Å². The van der Waals surface area contributed by atoms with Crippen LogP contribution in [-0.2, 0) is 11.2 Å². The van der Waals surface area contributed by atoms with Gasteiger partial charge in [0.25, 0.3) is 0 Å². The second-order valence-corrected chi connectivity index (χ2v) is 7.53. The first kappa shape index (κ1) is 17.4. The third kappa shape index (κ3) is 3.61. The van der Waals surface area contributed by atoms with Gasteiger partial charge in [0.1, 0.15) is 0 Å². The monoisotopic (exact) mass is 376 g/mol. The summed E-state index contributed by atoms with van der Waals surface area (Å²) in [6, 6.07) is 18.0. The SMILES string of the molecule is Cc1nn(-c2ccccc2)c(C)c1NC(=O)CCc1nc2ccccc2s1. The number of para-hydroxylation sites is 2. The van der Waals surface area contributed by atoms with Crippen molar-refractivity contribution >= 4 is 33.1 Å². The van der Waals surface area contributed by atoms with Gasteiger partial charge in [0.15, 0.2) is 0 Å². The highest BCUT2D eigenvalue weighted by atomic mass is 32.1. The van der Waals surface area contributed by atoms with E-state index < -0.39 is 0 Å². The number of aromatic nitrogens is 3. The molecule has 0 radical (unpaired) electrons. The van der Waals surface area contributed by atoms with E-state index in [1.807, 2.05) is 67.1 Å². The highest BCUT2D eigenvalue weighted by molar-refractivity contribution is 7.18. The van der Waals surface area contributed by atoms with E-state index in [9.17, 15) is 4.79 Å². The Morgan fingerprint density at radius 2 is 1.81 bits per heavy atom. The zero-order valence-electron chi connectivity index (χ0n) is 15.3. The molecule has 2 aromatic carbocycles. The number of nitrogens with one attached hydrogen (secondary N) is 1. The Bertz CT molecular complexity index is 1070. The average Bonchev–Trinajstić information content (AvgIpc) is 3.23. The molecule has 27 heavy (non-hydrogen) atoms. The summed E-state index contributed by atoms with van der Waals surface area (Å²) >= 11 is 1.65. The molecule has 2 heterocycles. The van der Waals surface area contributed by atoms with Crippen LogP contribution in [0.4, 0.5) is 5.69 Å². The molecule has 5 nitrogen and oxygen atoms in total. The number of rotatable bonds is 5. The van der Waals surface area contributed by atoms with Crippen molar-refractivity contribution in [2.45, 2.75) is 26.7 Å². The van der Waals surface area contributed by atoms with E-state index in [2.05, 4.69) is 21.5 Å². The summed E-state index contributed by atoms with van der Waals surface area (Å²) in [5.41, 5.74) is 4.49. The molecule has 0 atom stereocenters. The zero-order chi connectivity index (χ0) is 18.8. The van der Waals surface area contributed by atoms with Gasteiger partial charge in [-0.1, -0.05) is 30.3 Å². The lowest BCUT2D eigenvalue weighted by Gasteiger charge is -2.06. The van der Waals surface area contributed by atoms with Crippen LogP contribution in [0.3, 0.4) is 0 Å². The molecule has 0 saturated heterocycles. The van der Waals surface area contributed by atoms with Crippen LogP contribution >= 0.6 is 11.3 Å². The molecular formula is C21H20N4OS. The van der Waals surface area contributed by atoms with E-state index in [-0.39, 0.29) is 5.91 Å². The highest BCUT2D eigenvalue weighted by Gasteiger charge is 2.15. The molecule has 2 aromatic heterocycles. The van der Waals surface area contributed by atoms with Gasteiger partial charge < -0.3 is 5.32 Å². The second-order valence-electron chi connectivity index (χ2n) is 6.42. The summed E-state index contributed by atoms with van der Waals surface area (Å²) in [5, 5.41) is 8.59. The fourth-order valence-corrected chi connectivity index (χ4v) is 4.06. The van der Waals surface area contributed by atoms with E-state index in [1.54, 1.807) is 11.3 Å². The van der Waals surface area contributed by atoms with Crippen molar-refractivity contribution in [3.05, 3.63) is 71.0 Å². The van der Waals surface area contributed by atoms with Gasteiger partial charge in [0.05, 0.1) is 38.0 Å². The maximum atomic E-state index is 12.5. The highest BCUT2D eigenvalue weighted by Crippen LogP contribution is 2.24. The van der Waals surface area contributed by atoms with Gasteiger partial charge >= 0.3 is 0 Å². The summed E-state index contributed by atoms with van der Waals surface area (Å²) in [6.07, 6.45) is 1.03. The summed E-state index contributed by atoms with van der Waals surface area (Å²) in [4.78, 5) is 17.1. The fraction of sp³-hybridized carbons (Fsp3) is 0.190. The maximum absolute atomic E-state index is 12.5. The summed E-state index contributed by atoms with van der Waals surface area (Å²) < 4.78 is 3.02. The Balaban J connectivity index is 1.46. The van der Waals surface area contributed by atoms with Gasteiger partial charge in [0.2, 0.25) is 5.91 Å². The van der Waals surface area contributed by atoms with Gasteiger partial charge in [-0.3, -0.25) is 4.79 Å². The Morgan fingerprint density at radius 3 is 2.59 bits per heavy atom. The van der Waals surface area contributed by atoms with Crippen LogP contribution in [-0.4, -0.2) is 20.7 Å². The van der Waals surface area contributed by atoms with Crippen LogP contribution in [0.5, 0.6) is 0 Å². The van der Waals surface area contributed by atoms with Crippen LogP contribution in [0, 0.1) is 13.8 Å². The predicted octanol–water partition coefficient (Wildman–Crippen LogP) is 4.67. The molecule has 0 saturated carbocycles. The van der Waals surface area contributed by atoms with Gasteiger partial charge in [-0.25, -0.2) is 9.67 Å². The number of carbonyl (C=O) groups excluding carboxylic acids is 1. The number of hydrogen-bond donors (Lipinski definition) is 1. The number of aryl methyl sites for hydroxylation is 2. The average molecular weight is 376 g/mol. The molecule has 0 aliphatic carbocycles. The lowest BCUT2D eigenvalue weighted by Crippen LogP contribution is -2.13. The first-order chi connectivity index (χ1) is 13.1. The van der Waals surface area contributed by atoms with E-state index >= 15 is 0 Å². The Labute approximate surface area is 161 Å². The van der Waals surface area contributed by atoms with Crippen molar-refractivity contribution in [3.63, 3.8) is 0 Å². The zero-order valence-corrected chi connectivity index (χ0v) is 16.1. The maximum Gasteiger partial charge on any atom is 0.224 e. The molecule has 6 heteroatoms. The number of amides is 1. The molecule has 0 unspecified atom stereocenters. The van der Waals surface area contributed by atoms with Crippen LogP contribution in [0.2, 0.25) is 0 Å². The standard InChI is InChI=1S/C21H20N4OS/c1-14-21(15(2)25(24-14)16-8-4-3-5-9-16)23-19(26)12-13-20-22-17-10-6-7-11-18(17)27-20/h3-11H,12-13H2,1-2H3,(H,23,26). The second kappa shape index (κ2) is 7.32. The van der Waals surface area contributed by atoms with E-state index in [4.69, 9.17) is 0 Å². The first-order valence-electron chi connectivity index (χ1n) is 8.88. The van der Waals surface area contributed by atoms with Gasteiger partial charge in [-0.15, -0.1) is 11.3 Å². The van der Waals surface area contributed by atoms with Crippen LogP contribution in [0.1, 0.15) is 22.8 Å². The minimum atomic E-state index is -0.0203. The number of hydrogen-bond acceptors (Lipinski definition) is 4. The summed E-state index contributed by atoms with van der Waals surface area (Å²) in [6.45, 7) is 3.88. The third-order valence-corrected chi connectivity index (χ3v) is 5.56. The van der Waals surface area contributed by atoms with Gasteiger partial charge in [-0.2, -0.15) is 5.10 Å². The molecule has 0 bridgehead atoms. The molecule has 0 aliphatic heterocycles. The smallest absolute Gasteiger partial charge is 0.224 e. The Kier molecular flexibility index (Phi) is 4.73. The van der Waals surface area contributed by atoms with E-state index in [0.717, 1.165) is 38.0 Å². The lowest BCUT2D eigenvalue weighted by molar-refractivity contribution is -0.116. The molecule has 0 fully saturated rings. The third-order valence-electron chi connectivity index (χ3n) is 4.46. The number of carbonyl (C=O) groups is 1. The van der Waals surface area contributed by atoms with Crippen molar-refractivity contribution in [1.82, 2.24) is 14.8 Å². The van der Waals surface area contributed by atoms with Crippen LogP contribution < -0.4 is 5.32 Å². The molecule has 136 valence electrons. The summed E-state index contributed by atoms with van der Waals surface area (Å²) in [5.74, 6) is -0.0203. The van der Waals surface area contributed by atoms with E-state index in [1.165, 1.54) is 0 Å². The first-order valence-corrected chi connectivity index (χ1v) is 9.69. The number of anilines is 1. The molecule has 1 N–H and O–H groups in total. The molecule has 1 amide bonds. The van der Waals surface area contributed by atoms with Crippen molar-refractivity contribution in [1.29, 1.82) is 0 Å². The number of benzene rings is 2. The Hall–Kier alpha value is -2.99. The predicted molar refractivity (Wildman–Crippen MR) is 110 cm³/mol. The van der Waals surface area contributed by atoms with Gasteiger partial charge in [-0.05, 0) is 38.1 Å². The Morgan fingerprint density at radius 1 is 1.07 bits per heavy atom. The van der Waals surface area contributed by atoms with Crippen molar-refractivity contribution in [2.75, 3.05) is 5.32 Å². The fourth-order valence-electron chi connectivity index (χ4n) is 3.09. The van der Waals surface area contributed by atoms with Gasteiger partial charge in [0, 0.05) is 12.8 Å². The van der Waals surface area contributed by atoms with E-state index in [0.29, 0.717) is 12.8 Å². The lowest BCUT2D eigenvalue weighted by atomic mass is 10.2. The molecule has 4 rings (SSSR count). The van der Waals surface area contributed by atoms with Crippen LogP contribution in [0.25, 0.3) is 15.9 Å². The quantitative estimate of drug-likeness (QED) is 0.551. The number of nitrogens with zero attached hydrogens (tertiary/aromatic N) is 3. The van der Waals surface area contributed by atoms with Crippen molar-refractivity contribution < 1.29 is 4.79 Å². The molecular weight excluding hydrogens is 356 g/mol.